The van der Waals surface area contributed by atoms with Crippen molar-refractivity contribution in [1.82, 2.24) is 9.97 Å². The molecule has 0 atom stereocenters. The van der Waals surface area contributed by atoms with Crippen LogP contribution >= 0.6 is 0 Å². The molecule has 0 unspecified atom stereocenters. The SMILES string of the molecule is COc1cccc(Nc2cc(Nc3cc(OC)ccc3OC)ncn2)c1. The van der Waals surface area contributed by atoms with Gasteiger partial charge < -0.3 is 24.8 Å². The van der Waals surface area contributed by atoms with E-state index in [-0.39, 0.29) is 0 Å². The standard InChI is InChI=1S/C19H20N4O3/c1-24-14-6-4-5-13(9-14)22-18-11-19(21-12-20-18)23-16-10-15(25-2)7-8-17(16)26-3/h4-12H,1-3H3,(H2,20,21,22,23). The van der Waals surface area contributed by atoms with Crippen LogP contribution in [0.1, 0.15) is 0 Å². The van der Waals surface area contributed by atoms with Crippen LogP contribution in [0, 0.1) is 0 Å². The van der Waals surface area contributed by atoms with Gasteiger partial charge in [0.1, 0.15) is 35.2 Å². The lowest BCUT2D eigenvalue weighted by atomic mass is 10.2. The molecule has 2 aromatic carbocycles. The van der Waals surface area contributed by atoms with E-state index in [1.165, 1.54) is 6.33 Å². The minimum Gasteiger partial charge on any atom is -0.497 e. The van der Waals surface area contributed by atoms with Crippen molar-refractivity contribution in [3.8, 4) is 17.2 Å². The molecule has 0 saturated carbocycles. The Kier molecular flexibility index (Phi) is 5.38. The van der Waals surface area contributed by atoms with Gasteiger partial charge in [0, 0.05) is 23.9 Å². The van der Waals surface area contributed by atoms with Crippen LogP contribution in [-0.4, -0.2) is 31.3 Å². The fourth-order valence-electron chi connectivity index (χ4n) is 2.39. The first-order valence-corrected chi connectivity index (χ1v) is 7.94. The van der Waals surface area contributed by atoms with Crippen molar-refractivity contribution >= 4 is 23.0 Å². The summed E-state index contributed by atoms with van der Waals surface area (Å²) in [6, 6.07) is 14.9. The lowest BCUT2D eigenvalue weighted by Gasteiger charge is -2.13. The average molecular weight is 352 g/mol. The number of benzene rings is 2. The third-order valence-electron chi connectivity index (χ3n) is 3.68. The van der Waals surface area contributed by atoms with E-state index in [0.717, 1.165) is 22.9 Å². The lowest BCUT2D eigenvalue weighted by molar-refractivity contribution is 0.405. The van der Waals surface area contributed by atoms with E-state index >= 15 is 0 Å². The number of ether oxygens (including phenoxy) is 3. The molecule has 0 aliphatic rings. The average Bonchev–Trinajstić information content (AvgIpc) is 2.68. The van der Waals surface area contributed by atoms with Crippen LogP contribution in [0.25, 0.3) is 0 Å². The summed E-state index contributed by atoms with van der Waals surface area (Å²) in [5.41, 5.74) is 1.62. The Morgan fingerprint density at radius 1 is 0.731 bits per heavy atom. The predicted molar refractivity (Wildman–Crippen MR) is 101 cm³/mol. The number of methoxy groups -OCH3 is 3. The molecule has 7 nitrogen and oxygen atoms in total. The highest BCUT2D eigenvalue weighted by molar-refractivity contribution is 5.68. The predicted octanol–water partition coefficient (Wildman–Crippen LogP) is 3.99. The van der Waals surface area contributed by atoms with E-state index in [0.29, 0.717) is 17.4 Å². The van der Waals surface area contributed by atoms with Crippen molar-refractivity contribution in [2.24, 2.45) is 0 Å². The number of rotatable bonds is 7. The van der Waals surface area contributed by atoms with Gasteiger partial charge in [-0.2, -0.15) is 0 Å². The highest BCUT2D eigenvalue weighted by Crippen LogP contribution is 2.31. The zero-order valence-corrected chi connectivity index (χ0v) is 14.8. The first-order chi connectivity index (χ1) is 12.7. The number of hydrogen-bond acceptors (Lipinski definition) is 7. The molecule has 0 radical (unpaired) electrons. The van der Waals surface area contributed by atoms with Crippen molar-refractivity contribution in [3.05, 3.63) is 54.9 Å². The molecule has 134 valence electrons. The summed E-state index contributed by atoms with van der Waals surface area (Å²) < 4.78 is 15.9. The zero-order chi connectivity index (χ0) is 18.4. The molecule has 0 spiro atoms. The summed E-state index contributed by atoms with van der Waals surface area (Å²) >= 11 is 0. The zero-order valence-electron chi connectivity index (χ0n) is 14.8. The number of hydrogen-bond donors (Lipinski definition) is 2. The monoisotopic (exact) mass is 352 g/mol. The summed E-state index contributed by atoms with van der Waals surface area (Å²) in [4.78, 5) is 8.51. The van der Waals surface area contributed by atoms with Gasteiger partial charge >= 0.3 is 0 Å². The van der Waals surface area contributed by atoms with E-state index in [9.17, 15) is 0 Å². The van der Waals surface area contributed by atoms with Crippen LogP contribution in [0.15, 0.2) is 54.9 Å². The minimum absolute atomic E-state index is 0.622. The highest BCUT2D eigenvalue weighted by atomic mass is 16.5. The van der Waals surface area contributed by atoms with Crippen LogP contribution in [0.2, 0.25) is 0 Å². The first-order valence-electron chi connectivity index (χ1n) is 7.94. The minimum atomic E-state index is 0.622. The normalized spacial score (nSPS) is 10.1. The van der Waals surface area contributed by atoms with Gasteiger partial charge in [-0.1, -0.05) is 6.07 Å². The molecule has 1 heterocycles. The van der Waals surface area contributed by atoms with Crippen molar-refractivity contribution in [3.63, 3.8) is 0 Å². The van der Waals surface area contributed by atoms with Gasteiger partial charge in [0.25, 0.3) is 0 Å². The van der Waals surface area contributed by atoms with Crippen LogP contribution in [0.3, 0.4) is 0 Å². The van der Waals surface area contributed by atoms with Gasteiger partial charge in [0.15, 0.2) is 0 Å². The third kappa shape index (κ3) is 4.13. The van der Waals surface area contributed by atoms with Crippen LogP contribution in [0.5, 0.6) is 17.2 Å². The maximum Gasteiger partial charge on any atom is 0.142 e. The third-order valence-corrected chi connectivity index (χ3v) is 3.68. The maximum atomic E-state index is 5.38. The van der Waals surface area contributed by atoms with Crippen LogP contribution in [0.4, 0.5) is 23.0 Å². The Bertz CT molecular complexity index is 886. The molecule has 0 aliphatic heterocycles. The van der Waals surface area contributed by atoms with E-state index in [1.807, 2.05) is 42.5 Å². The Morgan fingerprint density at radius 3 is 2.19 bits per heavy atom. The number of nitrogens with one attached hydrogen (secondary N) is 2. The maximum absolute atomic E-state index is 5.38. The van der Waals surface area contributed by atoms with E-state index in [1.54, 1.807) is 27.4 Å². The van der Waals surface area contributed by atoms with E-state index < -0.39 is 0 Å². The molecule has 3 aromatic rings. The lowest BCUT2D eigenvalue weighted by Crippen LogP contribution is -2.00. The van der Waals surface area contributed by atoms with Crippen molar-refractivity contribution in [2.75, 3.05) is 32.0 Å². The summed E-state index contributed by atoms with van der Waals surface area (Å²) in [6.07, 6.45) is 1.48. The van der Waals surface area contributed by atoms with Crippen LogP contribution in [-0.2, 0) is 0 Å². The molecule has 3 rings (SSSR count). The molecule has 0 bridgehead atoms. The molecule has 26 heavy (non-hydrogen) atoms. The summed E-state index contributed by atoms with van der Waals surface area (Å²) in [5, 5.41) is 6.45. The molecule has 1 aromatic heterocycles. The van der Waals surface area contributed by atoms with Crippen LogP contribution < -0.4 is 24.8 Å². The van der Waals surface area contributed by atoms with Crippen molar-refractivity contribution in [2.45, 2.75) is 0 Å². The van der Waals surface area contributed by atoms with Gasteiger partial charge in [-0.05, 0) is 24.3 Å². The Hall–Kier alpha value is -3.48. The number of aromatic nitrogens is 2. The highest BCUT2D eigenvalue weighted by Gasteiger charge is 2.07. The number of nitrogens with zero attached hydrogens (tertiary/aromatic N) is 2. The van der Waals surface area contributed by atoms with E-state index in [2.05, 4.69) is 20.6 Å². The fraction of sp³-hybridized carbons (Fsp3) is 0.158. The van der Waals surface area contributed by atoms with Gasteiger partial charge in [-0.3, -0.25) is 0 Å². The Labute approximate surface area is 152 Å². The van der Waals surface area contributed by atoms with E-state index in [4.69, 9.17) is 14.2 Å². The second kappa shape index (κ2) is 8.06. The quantitative estimate of drug-likeness (QED) is 0.666. The topological polar surface area (TPSA) is 77.5 Å². The molecular weight excluding hydrogens is 332 g/mol. The summed E-state index contributed by atoms with van der Waals surface area (Å²) in [6.45, 7) is 0. The van der Waals surface area contributed by atoms with Crippen molar-refractivity contribution < 1.29 is 14.2 Å². The molecule has 0 amide bonds. The van der Waals surface area contributed by atoms with Gasteiger partial charge in [-0.15, -0.1) is 0 Å². The summed E-state index contributed by atoms with van der Waals surface area (Å²) in [5.74, 6) is 3.45. The van der Waals surface area contributed by atoms with Crippen molar-refractivity contribution in [1.29, 1.82) is 0 Å². The second-order valence-corrected chi connectivity index (χ2v) is 5.34. The second-order valence-electron chi connectivity index (χ2n) is 5.34. The molecular formula is C19H20N4O3. The van der Waals surface area contributed by atoms with Gasteiger partial charge in [0.2, 0.25) is 0 Å². The Morgan fingerprint density at radius 2 is 1.46 bits per heavy atom. The molecule has 2 N–H and O–H groups in total. The smallest absolute Gasteiger partial charge is 0.142 e. The molecule has 7 heteroatoms. The number of anilines is 4. The van der Waals surface area contributed by atoms with Gasteiger partial charge in [0.05, 0.1) is 27.0 Å². The van der Waals surface area contributed by atoms with Gasteiger partial charge in [-0.25, -0.2) is 9.97 Å². The Balaban J connectivity index is 1.81. The summed E-state index contributed by atoms with van der Waals surface area (Å²) in [7, 11) is 4.86. The fourth-order valence-corrected chi connectivity index (χ4v) is 2.39. The molecule has 0 fully saturated rings. The largest absolute Gasteiger partial charge is 0.497 e. The molecule has 0 aliphatic carbocycles. The first kappa shape index (κ1) is 17.3. The molecule has 0 saturated heterocycles.